The Labute approximate surface area is 106 Å². The van der Waals surface area contributed by atoms with E-state index >= 15 is 0 Å². The van der Waals surface area contributed by atoms with Crippen molar-refractivity contribution < 1.29 is 0 Å². The van der Waals surface area contributed by atoms with Gasteiger partial charge in [0.15, 0.2) is 0 Å². The van der Waals surface area contributed by atoms with E-state index in [0.29, 0.717) is 22.3 Å². The van der Waals surface area contributed by atoms with Gasteiger partial charge in [0.1, 0.15) is 17.3 Å². The van der Waals surface area contributed by atoms with Crippen molar-refractivity contribution in [3.63, 3.8) is 0 Å². The number of nitrogens with one attached hydrogen (secondary N) is 1. The standard InChI is InChI=1S/C13H7N3OS/c14-7-8-3-1-4-9-11(8)16-12(13(17)15-9)10-5-2-6-18-10/h1-6H,(H,15,17). The van der Waals surface area contributed by atoms with Crippen molar-refractivity contribution >= 4 is 22.4 Å². The maximum Gasteiger partial charge on any atom is 0.275 e. The van der Waals surface area contributed by atoms with Gasteiger partial charge >= 0.3 is 0 Å². The maximum atomic E-state index is 11.9. The van der Waals surface area contributed by atoms with Crippen LogP contribution in [0.1, 0.15) is 5.56 Å². The van der Waals surface area contributed by atoms with Crippen molar-refractivity contribution in [3.8, 4) is 16.6 Å². The van der Waals surface area contributed by atoms with E-state index in [9.17, 15) is 4.79 Å². The third-order valence-electron chi connectivity index (χ3n) is 2.60. The molecular weight excluding hydrogens is 246 g/mol. The van der Waals surface area contributed by atoms with Crippen LogP contribution in [0.25, 0.3) is 21.6 Å². The number of H-pyrrole nitrogens is 1. The molecule has 0 bridgehead atoms. The van der Waals surface area contributed by atoms with Crippen LogP contribution < -0.4 is 5.56 Å². The molecule has 0 unspecified atom stereocenters. The van der Waals surface area contributed by atoms with E-state index in [1.807, 2.05) is 17.5 Å². The van der Waals surface area contributed by atoms with Gasteiger partial charge in [-0.05, 0) is 23.6 Å². The fourth-order valence-corrected chi connectivity index (χ4v) is 2.49. The van der Waals surface area contributed by atoms with E-state index in [4.69, 9.17) is 5.26 Å². The molecule has 0 radical (unpaired) electrons. The second-order valence-electron chi connectivity index (χ2n) is 3.71. The quantitative estimate of drug-likeness (QED) is 0.724. The SMILES string of the molecule is N#Cc1cccc2[nH]c(=O)c(-c3cccs3)nc12. The lowest BCUT2D eigenvalue weighted by atomic mass is 10.2. The van der Waals surface area contributed by atoms with Crippen LogP contribution >= 0.6 is 11.3 Å². The summed E-state index contributed by atoms with van der Waals surface area (Å²) in [5.41, 5.74) is 1.70. The van der Waals surface area contributed by atoms with Crippen LogP contribution in [-0.4, -0.2) is 9.97 Å². The molecule has 2 heterocycles. The second kappa shape index (κ2) is 4.09. The van der Waals surface area contributed by atoms with Crippen molar-refractivity contribution in [2.45, 2.75) is 0 Å². The van der Waals surface area contributed by atoms with Gasteiger partial charge in [0.05, 0.1) is 16.0 Å². The molecule has 2 aromatic heterocycles. The number of thiophene rings is 1. The molecule has 0 aliphatic carbocycles. The summed E-state index contributed by atoms with van der Waals surface area (Å²) in [6.07, 6.45) is 0. The summed E-state index contributed by atoms with van der Waals surface area (Å²) in [4.78, 5) is 19.8. The molecule has 0 atom stereocenters. The average Bonchev–Trinajstić information content (AvgIpc) is 2.90. The third kappa shape index (κ3) is 1.60. The summed E-state index contributed by atoms with van der Waals surface area (Å²) in [6, 6.07) is 10.9. The predicted octanol–water partition coefficient (Wildman–Crippen LogP) is 2.52. The Kier molecular flexibility index (Phi) is 2.43. The predicted molar refractivity (Wildman–Crippen MR) is 70.4 cm³/mol. The zero-order valence-corrected chi connectivity index (χ0v) is 9.99. The summed E-state index contributed by atoms with van der Waals surface area (Å²) in [6.45, 7) is 0. The number of fused-ring (bicyclic) bond motifs is 1. The molecular formula is C13H7N3OS. The Hall–Kier alpha value is -2.45. The number of hydrogen-bond donors (Lipinski definition) is 1. The van der Waals surface area contributed by atoms with Crippen LogP contribution in [0.4, 0.5) is 0 Å². The van der Waals surface area contributed by atoms with Crippen LogP contribution in [0.15, 0.2) is 40.5 Å². The number of hydrogen-bond acceptors (Lipinski definition) is 4. The van der Waals surface area contributed by atoms with E-state index in [1.54, 1.807) is 18.2 Å². The summed E-state index contributed by atoms with van der Waals surface area (Å²) in [5, 5.41) is 10.9. The van der Waals surface area contributed by atoms with Gasteiger partial charge in [-0.3, -0.25) is 4.79 Å². The molecule has 3 aromatic rings. The molecule has 0 aliphatic heterocycles. The van der Waals surface area contributed by atoms with Gasteiger partial charge in [-0.2, -0.15) is 5.26 Å². The van der Waals surface area contributed by atoms with Gasteiger partial charge < -0.3 is 4.98 Å². The number of aromatic nitrogens is 2. The van der Waals surface area contributed by atoms with Gasteiger partial charge in [0.25, 0.3) is 5.56 Å². The number of nitriles is 1. The van der Waals surface area contributed by atoms with Crippen LogP contribution in [0.2, 0.25) is 0 Å². The molecule has 0 amide bonds. The van der Waals surface area contributed by atoms with E-state index in [1.165, 1.54) is 11.3 Å². The van der Waals surface area contributed by atoms with Crippen molar-refractivity contribution in [2.24, 2.45) is 0 Å². The third-order valence-corrected chi connectivity index (χ3v) is 3.47. The minimum Gasteiger partial charge on any atom is -0.319 e. The lowest BCUT2D eigenvalue weighted by Gasteiger charge is -2.01. The highest BCUT2D eigenvalue weighted by Crippen LogP contribution is 2.22. The number of rotatable bonds is 1. The van der Waals surface area contributed by atoms with Crippen LogP contribution in [0, 0.1) is 11.3 Å². The van der Waals surface area contributed by atoms with E-state index < -0.39 is 0 Å². The maximum absolute atomic E-state index is 11.9. The van der Waals surface area contributed by atoms with Crippen LogP contribution in [0.3, 0.4) is 0 Å². The first-order chi connectivity index (χ1) is 8.79. The molecule has 3 rings (SSSR count). The summed E-state index contributed by atoms with van der Waals surface area (Å²) < 4.78 is 0. The van der Waals surface area contributed by atoms with Crippen molar-refractivity contribution in [2.75, 3.05) is 0 Å². The minimum atomic E-state index is -0.236. The Balaban J connectivity index is 2.39. The summed E-state index contributed by atoms with van der Waals surface area (Å²) >= 11 is 1.45. The van der Waals surface area contributed by atoms with Crippen molar-refractivity contribution in [3.05, 3.63) is 51.6 Å². The first-order valence-electron chi connectivity index (χ1n) is 5.26. The number of nitrogens with zero attached hydrogens (tertiary/aromatic N) is 2. The van der Waals surface area contributed by atoms with Gasteiger partial charge in [-0.25, -0.2) is 4.98 Å². The summed E-state index contributed by atoms with van der Waals surface area (Å²) in [7, 11) is 0. The van der Waals surface area contributed by atoms with Crippen molar-refractivity contribution in [1.82, 2.24) is 9.97 Å². The smallest absolute Gasteiger partial charge is 0.275 e. The molecule has 1 aromatic carbocycles. The van der Waals surface area contributed by atoms with Crippen LogP contribution in [0.5, 0.6) is 0 Å². The first kappa shape index (κ1) is 10.7. The van der Waals surface area contributed by atoms with Gasteiger partial charge in [-0.1, -0.05) is 12.1 Å². The van der Waals surface area contributed by atoms with Gasteiger partial charge in [0.2, 0.25) is 0 Å². The second-order valence-corrected chi connectivity index (χ2v) is 4.65. The van der Waals surface area contributed by atoms with Crippen LogP contribution in [-0.2, 0) is 0 Å². The molecule has 5 heteroatoms. The molecule has 0 spiro atoms. The molecule has 4 nitrogen and oxygen atoms in total. The number of aromatic amines is 1. The number of benzene rings is 1. The molecule has 18 heavy (non-hydrogen) atoms. The molecule has 86 valence electrons. The largest absolute Gasteiger partial charge is 0.319 e. The molecule has 0 fully saturated rings. The lowest BCUT2D eigenvalue weighted by Crippen LogP contribution is -2.11. The fourth-order valence-electron chi connectivity index (χ4n) is 1.78. The van der Waals surface area contributed by atoms with E-state index in [2.05, 4.69) is 16.0 Å². The summed E-state index contributed by atoms with van der Waals surface area (Å²) in [5.74, 6) is 0. The van der Waals surface area contributed by atoms with Gasteiger partial charge in [0, 0.05) is 0 Å². The molecule has 0 aliphatic rings. The first-order valence-corrected chi connectivity index (χ1v) is 6.14. The highest BCUT2D eigenvalue weighted by molar-refractivity contribution is 7.13. The minimum absolute atomic E-state index is 0.236. The van der Waals surface area contributed by atoms with E-state index in [0.717, 1.165) is 4.88 Å². The Bertz CT molecular complexity index is 812. The van der Waals surface area contributed by atoms with Gasteiger partial charge in [-0.15, -0.1) is 11.3 Å². The highest BCUT2D eigenvalue weighted by Gasteiger charge is 2.10. The monoisotopic (exact) mass is 253 g/mol. The van der Waals surface area contributed by atoms with Crippen molar-refractivity contribution in [1.29, 1.82) is 5.26 Å². The Morgan fingerprint density at radius 2 is 2.17 bits per heavy atom. The lowest BCUT2D eigenvalue weighted by molar-refractivity contribution is 1.22. The zero-order chi connectivity index (χ0) is 12.5. The topological polar surface area (TPSA) is 69.5 Å². The molecule has 1 N–H and O–H groups in total. The molecule has 0 saturated carbocycles. The normalized spacial score (nSPS) is 10.4. The average molecular weight is 253 g/mol. The number of para-hydroxylation sites is 1. The Morgan fingerprint density at radius 3 is 2.89 bits per heavy atom. The van der Waals surface area contributed by atoms with E-state index in [-0.39, 0.29) is 5.56 Å². The Morgan fingerprint density at radius 1 is 1.28 bits per heavy atom. The zero-order valence-electron chi connectivity index (χ0n) is 9.18. The fraction of sp³-hybridized carbons (Fsp3) is 0. The molecule has 0 saturated heterocycles. The highest BCUT2D eigenvalue weighted by atomic mass is 32.1.